The Kier molecular flexibility index (Phi) is 5.18. The lowest BCUT2D eigenvalue weighted by Crippen LogP contribution is -2.31. The van der Waals surface area contributed by atoms with E-state index < -0.39 is 10.0 Å². The molecule has 6 nitrogen and oxygen atoms in total. The van der Waals surface area contributed by atoms with Crippen molar-refractivity contribution in [1.82, 2.24) is 0 Å². The zero-order valence-electron chi connectivity index (χ0n) is 14.9. The van der Waals surface area contributed by atoms with E-state index in [-0.39, 0.29) is 5.91 Å². The van der Waals surface area contributed by atoms with Gasteiger partial charge in [0.05, 0.1) is 24.2 Å². The van der Waals surface area contributed by atoms with Crippen molar-refractivity contribution in [2.75, 3.05) is 35.2 Å². The lowest BCUT2D eigenvalue weighted by atomic mass is 10.1. The molecule has 0 saturated heterocycles. The molecular weight excluding hydrogens is 352 g/mol. The van der Waals surface area contributed by atoms with Gasteiger partial charge < -0.3 is 9.64 Å². The van der Waals surface area contributed by atoms with Crippen LogP contribution in [0.1, 0.15) is 23.7 Å². The van der Waals surface area contributed by atoms with Crippen LogP contribution in [0.2, 0.25) is 0 Å². The number of rotatable bonds is 4. The van der Waals surface area contributed by atoms with Gasteiger partial charge in [0.1, 0.15) is 5.75 Å². The first-order valence-electron chi connectivity index (χ1n) is 8.53. The van der Waals surface area contributed by atoms with Crippen molar-refractivity contribution >= 4 is 27.3 Å². The number of hydrogen-bond acceptors (Lipinski definition) is 4. The van der Waals surface area contributed by atoms with Crippen LogP contribution in [0.5, 0.6) is 5.75 Å². The van der Waals surface area contributed by atoms with E-state index in [4.69, 9.17) is 4.74 Å². The summed E-state index contributed by atoms with van der Waals surface area (Å²) in [5.41, 5.74) is 1.68. The summed E-state index contributed by atoms with van der Waals surface area (Å²) in [6, 6.07) is 14.1. The summed E-state index contributed by atoms with van der Waals surface area (Å²) in [4.78, 5) is 14.7. The van der Waals surface area contributed by atoms with Crippen molar-refractivity contribution in [3.8, 4) is 5.75 Å². The van der Waals surface area contributed by atoms with Crippen molar-refractivity contribution in [2.24, 2.45) is 0 Å². The number of para-hydroxylation sites is 2. The van der Waals surface area contributed by atoms with Gasteiger partial charge in [-0.2, -0.15) is 0 Å². The Bertz CT molecular complexity index is 894. The molecule has 0 fully saturated rings. The summed E-state index contributed by atoms with van der Waals surface area (Å²) in [6.07, 6.45) is 1.75. The molecule has 1 aliphatic rings. The Morgan fingerprint density at radius 3 is 2.31 bits per heavy atom. The summed E-state index contributed by atoms with van der Waals surface area (Å²) in [6.45, 7) is 3.27. The van der Waals surface area contributed by atoms with Crippen molar-refractivity contribution in [3.05, 3.63) is 54.1 Å². The molecule has 0 bridgehead atoms. The smallest absolute Gasteiger partial charge is 0.258 e. The van der Waals surface area contributed by atoms with E-state index in [1.807, 2.05) is 13.0 Å². The van der Waals surface area contributed by atoms with Crippen LogP contribution in [-0.2, 0) is 10.0 Å². The van der Waals surface area contributed by atoms with Crippen LogP contribution >= 0.6 is 0 Å². The number of hydrogen-bond donors (Lipinski definition) is 0. The van der Waals surface area contributed by atoms with Crippen LogP contribution in [0, 0.1) is 0 Å². The van der Waals surface area contributed by atoms with Gasteiger partial charge in [-0.3, -0.25) is 9.10 Å². The Balaban J connectivity index is 1.97. The zero-order chi connectivity index (χ0) is 18.7. The molecule has 0 aliphatic carbocycles. The first kappa shape index (κ1) is 18.3. The quantitative estimate of drug-likeness (QED) is 0.825. The average molecular weight is 374 g/mol. The fraction of sp³-hybridized carbons (Fsp3) is 0.316. The van der Waals surface area contributed by atoms with Crippen LogP contribution in [0.15, 0.2) is 48.5 Å². The van der Waals surface area contributed by atoms with Gasteiger partial charge >= 0.3 is 0 Å². The highest BCUT2D eigenvalue weighted by Crippen LogP contribution is 2.34. The summed E-state index contributed by atoms with van der Waals surface area (Å²) in [5, 5.41) is 0. The number of sulfonamides is 1. The van der Waals surface area contributed by atoms with Crippen LogP contribution in [0.25, 0.3) is 0 Å². The zero-order valence-corrected chi connectivity index (χ0v) is 15.7. The molecule has 0 N–H and O–H groups in total. The van der Waals surface area contributed by atoms with E-state index in [1.165, 1.54) is 10.6 Å². The maximum atomic E-state index is 13.1. The predicted molar refractivity (Wildman–Crippen MR) is 103 cm³/mol. The fourth-order valence-electron chi connectivity index (χ4n) is 3.09. The number of ether oxygens (including phenoxy) is 1. The minimum Gasteiger partial charge on any atom is -0.494 e. The third-order valence-corrected chi connectivity index (χ3v) is 5.42. The van der Waals surface area contributed by atoms with Gasteiger partial charge in [-0.05, 0) is 49.7 Å². The molecule has 1 aliphatic heterocycles. The van der Waals surface area contributed by atoms with Gasteiger partial charge in [-0.1, -0.05) is 12.1 Å². The number of fused-ring (bicyclic) bond motifs is 1. The van der Waals surface area contributed by atoms with Gasteiger partial charge in [-0.15, -0.1) is 0 Å². The van der Waals surface area contributed by atoms with Crippen molar-refractivity contribution in [3.63, 3.8) is 0 Å². The van der Waals surface area contributed by atoms with Gasteiger partial charge in [0, 0.05) is 18.7 Å². The predicted octanol–water partition coefficient (Wildman–Crippen LogP) is 2.90. The maximum absolute atomic E-state index is 13.1. The van der Waals surface area contributed by atoms with Crippen LogP contribution < -0.4 is 13.9 Å². The topological polar surface area (TPSA) is 66.9 Å². The van der Waals surface area contributed by atoms with Gasteiger partial charge in [0.15, 0.2) is 0 Å². The van der Waals surface area contributed by atoms with Crippen LogP contribution in [-0.4, -0.2) is 40.3 Å². The summed E-state index contributed by atoms with van der Waals surface area (Å²) in [7, 11) is -3.41. The molecule has 1 amide bonds. The molecule has 0 atom stereocenters. The number of carbonyl (C=O) groups excluding carboxylic acids is 1. The summed E-state index contributed by atoms with van der Waals surface area (Å²) < 4.78 is 31.1. The monoisotopic (exact) mass is 374 g/mol. The Morgan fingerprint density at radius 1 is 1.04 bits per heavy atom. The molecule has 7 heteroatoms. The number of anilines is 2. The van der Waals surface area contributed by atoms with E-state index in [0.29, 0.717) is 48.8 Å². The molecular formula is C19H22N2O4S. The number of carbonyl (C=O) groups is 1. The van der Waals surface area contributed by atoms with Gasteiger partial charge in [-0.25, -0.2) is 8.42 Å². The first-order chi connectivity index (χ1) is 12.4. The standard InChI is InChI=1S/C19H22N2O4S/c1-3-25-16-11-9-15(10-12-16)19(22)20-13-6-14-21(26(2,23)24)18-8-5-4-7-17(18)20/h4-5,7-12H,3,6,13-14H2,1-2H3. The number of benzene rings is 2. The van der Waals surface area contributed by atoms with Gasteiger partial charge in [0.2, 0.25) is 10.0 Å². The molecule has 138 valence electrons. The largest absolute Gasteiger partial charge is 0.494 e. The molecule has 0 unspecified atom stereocenters. The molecule has 0 aromatic heterocycles. The third kappa shape index (κ3) is 3.67. The molecule has 1 heterocycles. The minimum atomic E-state index is -3.41. The van der Waals surface area contributed by atoms with Crippen LogP contribution in [0.4, 0.5) is 11.4 Å². The molecule has 3 rings (SSSR count). The van der Waals surface area contributed by atoms with Gasteiger partial charge in [0.25, 0.3) is 5.91 Å². The highest BCUT2D eigenvalue weighted by atomic mass is 32.2. The Labute approximate surface area is 154 Å². The molecule has 0 saturated carbocycles. The van der Waals surface area contributed by atoms with E-state index >= 15 is 0 Å². The Morgan fingerprint density at radius 2 is 1.69 bits per heavy atom. The first-order valence-corrected chi connectivity index (χ1v) is 10.4. The van der Waals surface area contributed by atoms with E-state index in [1.54, 1.807) is 47.4 Å². The summed E-state index contributed by atoms with van der Waals surface area (Å²) >= 11 is 0. The highest BCUT2D eigenvalue weighted by molar-refractivity contribution is 7.92. The third-order valence-electron chi connectivity index (χ3n) is 4.24. The Hall–Kier alpha value is -2.54. The normalized spacial score (nSPS) is 14.5. The van der Waals surface area contributed by atoms with E-state index in [0.717, 1.165) is 0 Å². The van der Waals surface area contributed by atoms with Crippen molar-refractivity contribution in [1.29, 1.82) is 0 Å². The second-order valence-electron chi connectivity index (χ2n) is 6.09. The molecule has 0 spiro atoms. The van der Waals surface area contributed by atoms with Crippen molar-refractivity contribution < 1.29 is 17.9 Å². The van der Waals surface area contributed by atoms with E-state index in [2.05, 4.69) is 0 Å². The molecule has 26 heavy (non-hydrogen) atoms. The second-order valence-corrected chi connectivity index (χ2v) is 8.00. The van der Waals surface area contributed by atoms with Crippen LogP contribution in [0.3, 0.4) is 0 Å². The summed E-state index contributed by atoms with van der Waals surface area (Å²) in [5.74, 6) is 0.555. The lowest BCUT2D eigenvalue weighted by Gasteiger charge is -2.25. The number of nitrogens with zero attached hydrogens (tertiary/aromatic N) is 2. The maximum Gasteiger partial charge on any atom is 0.258 e. The van der Waals surface area contributed by atoms with E-state index in [9.17, 15) is 13.2 Å². The average Bonchev–Trinajstić information content (AvgIpc) is 2.81. The highest BCUT2D eigenvalue weighted by Gasteiger charge is 2.29. The second kappa shape index (κ2) is 7.37. The minimum absolute atomic E-state index is 0.157. The number of amides is 1. The van der Waals surface area contributed by atoms with Crippen molar-refractivity contribution in [2.45, 2.75) is 13.3 Å². The SMILES string of the molecule is CCOc1ccc(C(=O)N2CCCN(S(C)(=O)=O)c3ccccc32)cc1. The molecule has 2 aromatic carbocycles. The fourth-order valence-corrected chi connectivity index (χ4v) is 4.06. The molecule has 0 radical (unpaired) electrons. The molecule has 2 aromatic rings. The lowest BCUT2D eigenvalue weighted by molar-refractivity contribution is 0.0987.